The van der Waals surface area contributed by atoms with Crippen molar-refractivity contribution in [3.05, 3.63) is 111 Å². The number of carbonyl (C=O) groups is 2. The summed E-state index contributed by atoms with van der Waals surface area (Å²) in [7, 11) is 0. The monoisotopic (exact) mass is 467 g/mol. The Morgan fingerprint density at radius 1 is 0.857 bits per heavy atom. The fourth-order valence-corrected chi connectivity index (χ4v) is 3.49. The van der Waals surface area contributed by atoms with Crippen molar-refractivity contribution < 1.29 is 9.59 Å². The molecule has 5 aromatic rings. The molecule has 0 atom stereocenters. The van der Waals surface area contributed by atoms with Gasteiger partial charge in [-0.1, -0.05) is 48.5 Å². The van der Waals surface area contributed by atoms with Crippen molar-refractivity contribution in [1.82, 2.24) is 35.6 Å². The molecule has 11 nitrogen and oxygen atoms in total. The number of nitrogens with one attached hydrogen (secondary N) is 4. The van der Waals surface area contributed by atoms with Gasteiger partial charge in [0, 0.05) is 18.0 Å². The zero-order valence-electron chi connectivity index (χ0n) is 18.0. The molecular weight excluding hydrogens is 450 g/mol. The van der Waals surface area contributed by atoms with Crippen molar-refractivity contribution in [2.24, 2.45) is 0 Å². The minimum atomic E-state index is -0.704. The molecular formula is C24H17N7O4. The van der Waals surface area contributed by atoms with Gasteiger partial charge < -0.3 is 0 Å². The van der Waals surface area contributed by atoms with E-state index in [4.69, 9.17) is 0 Å². The first-order chi connectivity index (χ1) is 17.0. The van der Waals surface area contributed by atoms with Crippen LogP contribution in [0.2, 0.25) is 0 Å². The molecule has 0 spiro atoms. The third kappa shape index (κ3) is 4.33. The number of hydrogen-bond acceptors (Lipinski definition) is 6. The maximum absolute atomic E-state index is 13.0. The van der Waals surface area contributed by atoms with Gasteiger partial charge in [-0.2, -0.15) is 5.10 Å². The molecule has 35 heavy (non-hydrogen) atoms. The zero-order valence-corrected chi connectivity index (χ0v) is 18.0. The summed E-state index contributed by atoms with van der Waals surface area (Å²) in [5.41, 5.74) is 5.53. The maximum Gasteiger partial charge on any atom is 0.327 e. The Bertz CT molecular complexity index is 1670. The predicted molar refractivity (Wildman–Crippen MR) is 127 cm³/mol. The number of para-hydroxylation sites is 1. The molecule has 0 radical (unpaired) electrons. The summed E-state index contributed by atoms with van der Waals surface area (Å²) >= 11 is 0. The average Bonchev–Trinajstić information content (AvgIpc) is 3.34. The Balaban J connectivity index is 1.41. The molecule has 0 fully saturated rings. The van der Waals surface area contributed by atoms with Gasteiger partial charge >= 0.3 is 5.69 Å². The number of rotatable bonds is 4. The number of H-pyrrole nitrogens is 2. The van der Waals surface area contributed by atoms with E-state index in [2.05, 4.69) is 30.9 Å². The summed E-state index contributed by atoms with van der Waals surface area (Å²) in [5.74, 6) is -1.29. The van der Waals surface area contributed by atoms with Crippen LogP contribution in [-0.2, 0) is 0 Å². The maximum atomic E-state index is 13.0. The van der Waals surface area contributed by atoms with Crippen LogP contribution >= 0.6 is 0 Å². The average molecular weight is 467 g/mol. The molecule has 3 aromatic heterocycles. The predicted octanol–water partition coefficient (Wildman–Crippen LogP) is 1.54. The second-order valence-electron chi connectivity index (χ2n) is 7.47. The minimum Gasteiger partial charge on any atom is -0.291 e. The van der Waals surface area contributed by atoms with E-state index in [0.29, 0.717) is 5.69 Å². The quantitative estimate of drug-likeness (QED) is 0.294. The highest BCUT2D eigenvalue weighted by Gasteiger charge is 2.19. The van der Waals surface area contributed by atoms with Crippen LogP contribution in [0.1, 0.15) is 20.7 Å². The van der Waals surface area contributed by atoms with Crippen molar-refractivity contribution >= 4 is 22.8 Å². The summed E-state index contributed by atoms with van der Waals surface area (Å²) in [6.45, 7) is 0. The van der Waals surface area contributed by atoms with Gasteiger partial charge in [0.15, 0.2) is 0 Å². The van der Waals surface area contributed by atoms with E-state index in [1.165, 1.54) is 12.3 Å². The molecule has 0 aliphatic rings. The largest absolute Gasteiger partial charge is 0.327 e. The van der Waals surface area contributed by atoms with Crippen LogP contribution < -0.4 is 22.1 Å². The van der Waals surface area contributed by atoms with E-state index in [1.807, 2.05) is 60.7 Å². The van der Waals surface area contributed by atoms with Crippen molar-refractivity contribution in [2.45, 2.75) is 0 Å². The standard InChI is InChI=1S/C24H17N7O4/c32-21(15-11-17-20(25-12-15)26-24(35)27-22(17)33)28-29-23(34)18-13-31(16-9-5-2-6-10-16)30-19(18)14-7-3-1-4-8-14/h1-13H,(H,28,32)(H,29,34)(H2,25,26,27,33,35). The molecule has 3 heterocycles. The van der Waals surface area contributed by atoms with E-state index >= 15 is 0 Å². The highest BCUT2D eigenvalue weighted by Crippen LogP contribution is 2.23. The van der Waals surface area contributed by atoms with Gasteiger partial charge in [-0.25, -0.2) is 14.5 Å². The molecule has 0 bridgehead atoms. The van der Waals surface area contributed by atoms with Gasteiger partial charge in [0.2, 0.25) is 0 Å². The lowest BCUT2D eigenvalue weighted by atomic mass is 10.1. The normalized spacial score (nSPS) is 10.7. The van der Waals surface area contributed by atoms with Crippen molar-refractivity contribution in [3.8, 4) is 16.9 Å². The van der Waals surface area contributed by atoms with Crippen molar-refractivity contribution in [3.63, 3.8) is 0 Å². The number of amides is 2. The lowest BCUT2D eigenvalue weighted by molar-refractivity contribution is 0.0847. The second kappa shape index (κ2) is 8.90. The van der Waals surface area contributed by atoms with E-state index in [9.17, 15) is 19.2 Å². The van der Waals surface area contributed by atoms with Gasteiger partial charge in [-0.15, -0.1) is 0 Å². The highest BCUT2D eigenvalue weighted by atomic mass is 16.2. The summed E-state index contributed by atoms with van der Waals surface area (Å²) in [4.78, 5) is 57.4. The third-order valence-corrected chi connectivity index (χ3v) is 5.17. The van der Waals surface area contributed by atoms with Crippen LogP contribution in [0, 0.1) is 0 Å². The molecule has 0 saturated heterocycles. The molecule has 2 aromatic carbocycles. The molecule has 0 unspecified atom stereocenters. The number of pyridine rings is 1. The van der Waals surface area contributed by atoms with Crippen molar-refractivity contribution in [2.75, 3.05) is 0 Å². The first-order valence-electron chi connectivity index (χ1n) is 10.4. The highest BCUT2D eigenvalue weighted by molar-refractivity contribution is 6.02. The molecule has 11 heteroatoms. The van der Waals surface area contributed by atoms with Gasteiger partial charge in [0.1, 0.15) is 11.3 Å². The molecule has 4 N–H and O–H groups in total. The molecule has 5 rings (SSSR count). The lowest BCUT2D eigenvalue weighted by Crippen LogP contribution is -2.41. The van der Waals surface area contributed by atoms with E-state index in [-0.39, 0.29) is 22.2 Å². The van der Waals surface area contributed by atoms with Crippen molar-refractivity contribution in [1.29, 1.82) is 0 Å². The summed E-state index contributed by atoms with van der Waals surface area (Å²) in [5, 5.41) is 4.60. The number of aromatic nitrogens is 5. The molecule has 2 amide bonds. The van der Waals surface area contributed by atoms with E-state index in [0.717, 1.165) is 11.3 Å². The number of benzene rings is 2. The molecule has 0 aliphatic heterocycles. The molecule has 0 saturated carbocycles. The smallest absolute Gasteiger partial charge is 0.291 e. The summed E-state index contributed by atoms with van der Waals surface area (Å²) in [6, 6.07) is 19.8. The number of hydrazine groups is 1. The van der Waals surface area contributed by atoms with E-state index < -0.39 is 23.1 Å². The summed E-state index contributed by atoms with van der Waals surface area (Å²) in [6.07, 6.45) is 2.76. The fraction of sp³-hybridized carbons (Fsp3) is 0. The SMILES string of the molecule is O=C(NNC(=O)c1cn(-c2ccccc2)nc1-c1ccccc1)c1cnc2[nH]c(=O)[nH]c(=O)c2c1. The number of hydrogen-bond donors (Lipinski definition) is 4. The van der Waals surface area contributed by atoms with E-state index in [1.54, 1.807) is 10.9 Å². The first kappa shape index (κ1) is 21.5. The van der Waals surface area contributed by atoms with Gasteiger partial charge in [0.25, 0.3) is 17.4 Å². The number of aromatic amines is 2. The Hall–Kier alpha value is -5.32. The fourth-order valence-electron chi connectivity index (χ4n) is 3.49. The lowest BCUT2D eigenvalue weighted by Gasteiger charge is -2.08. The number of fused-ring (bicyclic) bond motifs is 1. The minimum absolute atomic E-state index is 0.0126. The van der Waals surface area contributed by atoms with Gasteiger partial charge in [0.05, 0.1) is 22.2 Å². The second-order valence-corrected chi connectivity index (χ2v) is 7.47. The molecule has 172 valence electrons. The Morgan fingerprint density at radius 3 is 2.29 bits per heavy atom. The number of nitrogens with zero attached hydrogens (tertiary/aromatic N) is 3. The summed E-state index contributed by atoms with van der Waals surface area (Å²) < 4.78 is 1.58. The van der Waals surface area contributed by atoms with Crippen LogP contribution in [0.15, 0.2) is 88.7 Å². The Morgan fingerprint density at radius 2 is 1.54 bits per heavy atom. The number of carbonyl (C=O) groups excluding carboxylic acids is 2. The van der Waals surface area contributed by atoms with Crippen LogP contribution in [-0.4, -0.2) is 36.5 Å². The topological polar surface area (TPSA) is 155 Å². The third-order valence-electron chi connectivity index (χ3n) is 5.17. The Kier molecular flexibility index (Phi) is 5.47. The van der Waals surface area contributed by atoms with Crippen LogP contribution in [0.4, 0.5) is 0 Å². The first-order valence-corrected chi connectivity index (χ1v) is 10.4. The van der Waals surface area contributed by atoms with Gasteiger partial charge in [-0.3, -0.25) is 35.2 Å². The Labute approximate surface area is 196 Å². The molecule has 0 aliphatic carbocycles. The zero-order chi connectivity index (χ0) is 24.4. The van der Waals surface area contributed by atoms with Crippen LogP contribution in [0.25, 0.3) is 28.0 Å². The van der Waals surface area contributed by atoms with Crippen LogP contribution in [0.5, 0.6) is 0 Å². The van der Waals surface area contributed by atoms with Gasteiger partial charge in [-0.05, 0) is 18.2 Å². The van der Waals surface area contributed by atoms with Crippen LogP contribution in [0.3, 0.4) is 0 Å².